The van der Waals surface area contributed by atoms with Gasteiger partial charge in [-0.1, -0.05) is 63.3 Å². The van der Waals surface area contributed by atoms with Crippen molar-refractivity contribution in [3.8, 4) is 0 Å². The maximum atomic E-state index is 10.3. The Morgan fingerprint density at radius 2 is 1.35 bits per heavy atom. The van der Waals surface area contributed by atoms with Gasteiger partial charge in [-0.15, -0.1) is 0 Å². The van der Waals surface area contributed by atoms with Gasteiger partial charge < -0.3 is 5.11 Å². The average molecular weight is 285 g/mol. The van der Waals surface area contributed by atoms with Crippen molar-refractivity contribution in [3.63, 3.8) is 0 Å². The fraction of sp³-hybridized carbons (Fsp3) is 0.722. The zero-order chi connectivity index (χ0) is 14.9. The molecule has 0 bridgehead atoms. The summed E-state index contributed by atoms with van der Waals surface area (Å²) in [4.78, 5) is 10.3. The summed E-state index contributed by atoms with van der Waals surface area (Å²) in [6.45, 7) is 2.23. The van der Waals surface area contributed by atoms with Crippen LogP contribution in [0.3, 0.4) is 0 Å². The number of carboxylic acids is 1. The van der Waals surface area contributed by atoms with E-state index in [2.05, 4.69) is 31.2 Å². The van der Waals surface area contributed by atoms with Crippen molar-refractivity contribution < 1.29 is 9.90 Å². The van der Waals surface area contributed by atoms with Crippen LogP contribution in [-0.4, -0.2) is 11.1 Å². The minimum Gasteiger partial charge on any atom is -0.481 e. The van der Waals surface area contributed by atoms with Gasteiger partial charge in [-0.3, -0.25) is 4.79 Å². The monoisotopic (exact) mass is 285 g/mol. The third kappa shape index (κ3) is 16.9. The van der Waals surface area contributed by atoms with Crippen molar-refractivity contribution in [2.45, 2.75) is 84.0 Å². The normalized spacial score (nSPS) is 11.7. The van der Waals surface area contributed by atoms with Crippen molar-refractivity contribution in [1.29, 1.82) is 0 Å². The first-order valence-electron chi connectivity index (χ1n) is 8.29. The summed E-state index contributed by atoms with van der Waals surface area (Å²) in [7, 11) is 0. The van der Waals surface area contributed by atoms with E-state index < -0.39 is 5.97 Å². The van der Waals surface area contributed by atoms with Gasteiger partial charge in [0.15, 0.2) is 0 Å². The van der Waals surface area contributed by atoms with E-state index in [-0.39, 0.29) is 0 Å². The molecular weight excluding hydrogens is 253 g/mol. The molecule has 20 heavy (non-hydrogen) atoms. The lowest BCUT2D eigenvalue weighted by Gasteiger charge is -1.98. The predicted molar refractivity (Wildman–Crippen MR) is 87.0 cm³/mol. The molecule has 0 saturated carbocycles. The van der Waals surface area contributed by atoms with Crippen LogP contribution in [0, 0.1) is 0 Å². The van der Waals surface area contributed by atoms with Crippen LogP contribution in [-0.2, 0) is 4.79 Å². The predicted octanol–water partition coefficient (Wildman–Crippen LogP) is 5.88. The summed E-state index contributed by atoms with van der Waals surface area (Å²) < 4.78 is 0. The zero-order valence-corrected chi connectivity index (χ0v) is 13.2. The van der Waals surface area contributed by atoms with Gasteiger partial charge in [0, 0.05) is 6.42 Å². The van der Waals surface area contributed by atoms with Gasteiger partial charge in [0.1, 0.15) is 0 Å². The van der Waals surface area contributed by atoms with Crippen LogP contribution in [0.2, 0.25) is 0 Å². The molecule has 1 N–H and O–H groups in total. The molecule has 0 unspecified atom stereocenters. The van der Waals surface area contributed by atoms with E-state index in [9.17, 15) is 4.79 Å². The third-order valence-corrected chi connectivity index (χ3v) is 3.34. The van der Waals surface area contributed by atoms with Gasteiger partial charge in [0.2, 0.25) is 0 Å². The summed E-state index contributed by atoms with van der Waals surface area (Å²) >= 11 is 0. The standard InChI is InChI=1S/C18H32O2/c1-2-3-4-5-6-7-8-9-10-11-12-13-14-15-16-17-18(19)20/h6-7,9-10H,2-5,8,11-17H2,1H3,(H,19,20)/b7-6+,10-9+/i1+1,2+1,3+1,4+1,5+1. The maximum Gasteiger partial charge on any atom is 0.303 e. The number of hydrogen-bond acceptors (Lipinski definition) is 1. The molecule has 0 heterocycles. The topological polar surface area (TPSA) is 37.3 Å². The molecule has 0 amide bonds. The maximum absolute atomic E-state index is 10.3. The van der Waals surface area contributed by atoms with Crippen LogP contribution in [0.5, 0.6) is 0 Å². The molecule has 0 spiro atoms. The Morgan fingerprint density at radius 1 is 0.800 bits per heavy atom. The van der Waals surface area contributed by atoms with Gasteiger partial charge in [-0.05, 0) is 38.5 Å². The van der Waals surface area contributed by atoms with E-state index in [1.54, 1.807) is 0 Å². The summed E-state index contributed by atoms with van der Waals surface area (Å²) in [5.74, 6) is -0.671. The number of carbonyl (C=O) groups is 1. The molecule has 0 aromatic heterocycles. The van der Waals surface area contributed by atoms with E-state index in [1.807, 2.05) is 0 Å². The Bertz CT molecular complexity index is 267. The lowest BCUT2D eigenvalue weighted by atomic mass is 10.1. The Hall–Kier alpha value is -1.05. The molecule has 0 fully saturated rings. The number of unbranched alkanes of at least 4 members (excludes halogenated alkanes) is 8. The fourth-order valence-corrected chi connectivity index (χ4v) is 2.09. The largest absolute Gasteiger partial charge is 0.481 e. The average Bonchev–Trinajstić information content (AvgIpc) is 2.43. The highest BCUT2D eigenvalue weighted by atomic mass is 16.4. The quantitative estimate of drug-likeness (QED) is 0.246. The van der Waals surface area contributed by atoms with Crippen molar-refractivity contribution >= 4 is 5.97 Å². The molecule has 0 aromatic carbocycles. The van der Waals surface area contributed by atoms with Gasteiger partial charge in [0.25, 0.3) is 0 Å². The smallest absolute Gasteiger partial charge is 0.303 e. The highest BCUT2D eigenvalue weighted by Crippen LogP contribution is 2.08. The summed E-state index contributed by atoms with van der Waals surface area (Å²) in [5.41, 5.74) is 0. The Morgan fingerprint density at radius 3 is 1.95 bits per heavy atom. The zero-order valence-electron chi connectivity index (χ0n) is 13.2. The van der Waals surface area contributed by atoms with E-state index in [0.717, 1.165) is 25.7 Å². The highest BCUT2D eigenvalue weighted by molar-refractivity contribution is 5.66. The molecule has 2 heteroatoms. The lowest BCUT2D eigenvalue weighted by Crippen LogP contribution is -1.93. The molecule has 116 valence electrons. The van der Waals surface area contributed by atoms with Crippen LogP contribution >= 0.6 is 0 Å². The van der Waals surface area contributed by atoms with E-state index in [4.69, 9.17) is 5.11 Å². The lowest BCUT2D eigenvalue weighted by molar-refractivity contribution is -0.137. The molecule has 0 saturated heterocycles. The van der Waals surface area contributed by atoms with Crippen LogP contribution in [0.4, 0.5) is 0 Å². The molecule has 0 aliphatic heterocycles. The molecule has 0 radical (unpaired) electrons. The van der Waals surface area contributed by atoms with Gasteiger partial charge in [-0.2, -0.15) is 0 Å². The molecule has 0 aliphatic rings. The Labute approximate surface area is 125 Å². The van der Waals surface area contributed by atoms with E-state index in [1.165, 1.54) is 44.9 Å². The summed E-state index contributed by atoms with van der Waals surface area (Å²) in [5, 5.41) is 8.50. The first-order valence-corrected chi connectivity index (χ1v) is 8.29. The fourth-order valence-electron chi connectivity index (χ4n) is 2.09. The van der Waals surface area contributed by atoms with Gasteiger partial charge >= 0.3 is 5.97 Å². The van der Waals surface area contributed by atoms with Crippen LogP contribution in [0.15, 0.2) is 24.3 Å². The minimum atomic E-state index is -0.671. The number of allylic oxidation sites excluding steroid dienone is 4. The molecule has 0 atom stereocenters. The van der Waals surface area contributed by atoms with Crippen LogP contribution in [0.25, 0.3) is 0 Å². The molecule has 0 aromatic rings. The number of rotatable bonds is 14. The Balaban J connectivity index is 3.17. The minimum absolute atomic E-state index is 0.324. The molecule has 0 rings (SSSR count). The first-order chi connectivity index (χ1) is 9.77. The van der Waals surface area contributed by atoms with E-state index >= 15 is 0 Å². The second kappa shape index (κ2) is 16.0. The summed E-state index contributed by atoms with van der Waals surface area (Å²) in [6, 6.07) is 0. The SMILES string of the molecule is [13CH3][13CH2][13CH2][13CH2][13CH2]/C=C/C/C=C/CCCCCCCC(=O)O. The van der Waals surface area contributed by atoms with Crippen molar-refractivity contribution in [2.75, 3.05) is 0 Å². The second-order valence-corrected chi connectivity index (χ2v) is 5.37. The highest BCUT2D eigenvalue weighted by Gasteiger charge is 1.95. The van der Waals surface area contributed by atoms with Crippen LogP contribution < -0.4 is 0 Å². The number of hydrogen-bond donors (Lipinski definition) is 1. The van der Waals surface area contributed by atoms with Crippen molar-refractivity contribution in [3.05, 3.63) is 24.3 Å². The summed E-state index contributed by atoms with van der Waals surface area (Å²) in [6.07, 6.45) is 22.3. The third-order valence-electron chi connectivity index (χ3n) is 3.34. The van der Waals surface area contributed by atoms with Gasteiger partial charge in [0.05, 0.1) is 0 Å². The molecule has 2 nitrogen and oxygen atoms in total. The molecular formula is C18H32O2. The Kier molecular flexibility index (Phi) is 15.2. The van der Waals surface area contributed by atoms with Crippen molar-refractivity contribution in [2.24, 2.45) is 0 Å². The number of carboxylic acid groups (broad SMARTS) is 1. The van der Waals surface area contributed by atoms with Crippen molar-refractivity contribution in [1.82, 2.24) is 0 Å². The second-order valence-electron chi connectivity index (χ2n) is 5.37. The first kappa shape index (κ1) is 18.9. The van der Waals surface area contributed by atoms with E-state index in [0.29, 0.717) is 6.42 Å². The van der Waals surface area contributed by atoms with Crippen LogP contribution in [0.1, 0.15) is 84.0 Å². The van der Waals surface area contributed by atoms with Gasteiger partial charge in [-0.25, -0.2) is 0 Å². The number of aliphatic carboxylic acids is 1. The molecule has 0 aliphatic carbocycles.